The van der Waals surface area contributed by atoms with E-state index in [1.165, 1.54) is 5.56 Å². The first-order chi connectivity index (χ1) is 9.63. The van der Waals surface area contributed by atoms with Crippen molar-refractivity contribution in [1.82, 2.24) is 0 Å². The van der Waals surface area contributed by atoms with Crippen molar-refractivity contribution < 1.29 is 9.90 Å². The van der Waals surface area contributed by atoms with Crippen LogP contribution in [0.4, 0.5) is 0 Å². The van der Waals surface area contributed by atoms with Gasteiger partial charge in [0.1, 0.15) is 6.04 Å². The topological polar surface area (TPSA) is 63.3 Å². The lowest BCUT2D eigenvalue weighted by Crippen LogP contribution is -2.30. The van der Waals surface area contributed by atoms with Gasteiger partial charge in [0, 0.05) is 0 Å². The first-order valence-electron chi connectivity index (χ1n) is 6.64. The summed E-state index contributed by atoms with van der Waals surface area (Å²) in [5, 5.41) is 8.83. The molecule has 3 N–H and O–H groups in total. The molecule has 3 nitrogen and oxygen atoms in total. The molecule has 1 aromatic carbocycles. The summed E-state index contributed by atoms with van der Waals surface area (Å²) in [4.78, 5) is 10.8. The molecule has 0 amide bonds. The number of aliphatic carboxylic acids is 1. The number of carbonyl (C=O) groups is 1. The fraction of sp³-hybridized carbons (Fsp3) is 0.235. The second-order valence-corrected chi connectivity index (χ2v) is 4.51. The molecule has 1 aromatic rings. The highest BCUT2D eigenvalue weighted by molar-refractivity contribution is 5.73. The second kappa shape index (κ2) is 8.88. The Morgan fingerprint density at radius 3 is 2.65 bits per heavy atom. The van der Waals surface area contributed by atoms with Crippen molar-refractivity contribution in [2.75, 3.05) is 0 Å². The zero-order chi connectivity index (χ0) is 14.8. The van der Waals surface area contributed by atoms with Crippen molar-refractivity contribution in [2.45, 2.75) is 25.8 Å². The van der Waals surface area contributed by atoms with Crippen LogP contribution in [0.25, 0.3) is 0 Å². The Morgan fingerprint density at radius 2 is 2.05 bits per heavy atom. The van der Waals surface area contributed by atoms with E-state index in [1.54, 1.807) is 0 Å². The average Bonchev–Trinajstić information content (AvgIpc) is 2.44. The van der Waals surface area contributed by atoms with Gasteiger partial charge in [-0.3, -0.25) is 4.79 Å². The van der Waals surface area contributed by atoms with Gasteiger partial charge in [-0.05, 0) is 30.9 Å². The maximum absolute atomic E-state index is 10.8. The SMILES string of the molecule is C\C=C/C(=C\C=C\Cc1ccccc1)CC(N)C(=O)O. The van der Waals surface area contributed by atoms with Crippen LogP contribution in [0.1, 0.15) is 18.9 Å². The third-order valence-corrected chi connectivity index (χ3v) is 2.80. The summed E-state index contributed by atoms with van der Waals surface area (Å²) in [6, 6.07) is 9.29. The smallest absolute Gasteiger partial charge is 0.320 e. The lowest BCUT2D eigenvalue weighted by atomic mass is 10.1. The number of rotatable bonds is 7. The van der Waals surface area contributed by atoms with Crippen molar-refractivity contribution in [1.29, 1.82) is 0 Å². The Balaban J connectivity index is 2.60. The number of hydrogen-bond donors (Lipinski definition) is 2. The summed E-state index contributed by atoms with van der Waals surface area (Å²) in [6.07, 6.45) is 10.8. The van der Waals surface area contributed by atoms with Crippen molar-refractivity contribution in [3.8, 4) is 0 Å². The quantitative estimate of drug-likeness (QED) is 0.749. The van der Waals surface area contributed by atoms with Gasteiger partial charge in [0.15, 0.2) is 0 Å². The lowest BCUT2D eigenvalue weighted by Gasteiger charge is -2.06. The predicted octanol–water partition coefficient (Wildman–Crippen LogP) is 3.09. The van der Waals surface area contributed by atoms with Gasteiger partial charge in [0.2, 0.25) is 0 Å². The average molecular weight is 271 g/mol. The maximum atomic E-state index is 10.8. The minimum Gasteiger partial charge on any atom is -0.480 e. The van der Waals surface area contributed by atoms with E-state index in [2.05, 4.69) is 12.1 Å². The summed E-state index contributed by atoms with van der Waals surface area (Å²) in [7, 11) is 0. The highest BCUT2D eigenvalue weighted by Gasteiger charge is 2.11. The van der Waals surface area contributed by atoms with E-state index in [9.17, 15) is 4.79 Å². The largest absolute Gasteiger partial charge is 0.480 e. The summed E-state index contributed by atoms with van der Waals surface area (Å²) >= 11 is 0. The number of nitrogens with two attached hydrogens (primary N) is 1. The third-order valence-electron chi connectivity index (χ3n) is 2.80. The third kappa shape index (κ3) is 6.16. The van der Waals surface area contributed by atoms with E-state index in [4.69, 9.17) is 10.8 Å². The molecule has 0 spiro atoms. The molecular weight excluding hydrogens is 250 g/mol. The molecule has 3 heteroatoms. The molecule has 0 aliphatic carbocycles. The van der Waals surface area contributed by atoms with Crippen molar-refractivity contribution in [3.63, 3.8) is 0 Å². The Hall–Kier alpha value is -2.13. The normalized spacial score (nSPS) is 14.0. The van der Waals surface area contributed by atoms with Crippen molar-refractivity contribution >= 4 is 5.97 Å². The van der Waals surface area contributed by atoms with Crippen LogP contribution in [-0.2, 0) is 11.2 Å². The molecule has 0 radical (unpaired) electrons. The van der Waals surface area contributed by atoms with Crippen LogP contribution in [0.2, 0.25) is 0 Å². The fourth-order valence-electron chi connectivity index (χ4n) is 1.76. The number of carboxylic acids is 1. The molecule has 0 aliphatic rings. The standard InChI is InChI=1S/C17H21NO2/c1-2-8-15(13-16(18)17(19)20)12-7-6-11-14-9-4-3-5-10-14/h2-10,12,16H,11,13,18H2,1H3,(H,19,20)/b7-6+,8-2-,15-12+. The highest BCUT2D eigenvalue weighted by atomic mass is 16.4. The molecular formula is C17H21NO2. The van der Waals surface area contributed by atoms with Crippen molar-refractivity contribution in [2.24, 2.45) is 5.73 Å². The molecule has 0 heterocycles. The number of allylic oxidation sites excluding steroid dienone is 5. The van der Waals surface area contributed by atoms with Crippen LogP contribution < -0.4 is 5.73 Å². The lowest BCUT2D eigenvalue weighted by molar-refractivity contribution is -0.138. The molecule has 0 bridgehead atoms. The zero-order valence-electron chi connectivity index (χ0n) is 11.7. The van der Waals surface area contributed by atoms with Gasteiger partial charge < -0.3 is 10.8 Å². The van der Waals surface area contributed by atoms with E-state index in [1.807, 2.05) is 55.5 Å². The zero-order valence-corrected chi connectivity index (χ0v) is 11.7. The van der Waals surface area contributed by atoms with E-state index in [-0.39, 0.29) is 0 Å². The Kier molecular flexibility index (Phi) is 7.07. The molecule has 20 heavy (non-hydrogen) atoms. The first kappa shape index (κ1) is 15.9. The molecule has 106 valence electrons. The maximum Gasteiger partial charge on any atom is 0.320 e. The number of benzene rings is 1. The monoisotopic (exact) mass is 271 g/mol. The minimum atomic E-state index is -0.978. The molecule has 1 atom stereocenters. The summed E-state index contributed by atoms with van der Waals surface area (Å²) in [6.45, 7) is 1.90. The van der Waals surface area contributed by atoms with Crippen LogP contribution in [-0.4, -0.2) is 17.1 Å². The Labute approximate surface area is 120 Å². The fourth-order valence-corrected chi connectivity index (χ4v) is 1.76. The highest BCUT2D eigenvalue weighted by Crippen LogP contribution is 2.08. The Morgan fingerprint density at radius 1 is 1.35 bits per heavy atom. The molecule has 0 aliphatic heterocycles. The van der Waals surface area contributed by atoms with Gasteiger partial charge in [-0.15, -0.1) is 0 Å². The Bertz CT molecular complexity index is 501. The predicted molar refractivity (Wildman–Crippen MR) is 82.4 cm³/mol. The molecule has 0 saturated carbocycles. The van der Waals surface area contributed by atoms with Crippen LogP contribution in [0.15, 0.2) is 66.3 Å². The molecule has 1 rings (SSSR count). The van der Waals surface area contributed by atoms with E-state index >= 15 is 0 Å². The van der Waals surface area contributed by atoms with Gasteiger partial charge >= 0.3 is 5.97 Å². The van der Waals surface area contributed by atoms with Gasteiger partial charge in [-0.2, -0.15) is 0 Å². The molecule has 0 fully saturated rings. The summed E-state index contributed by atoms with van der Waals surface area (Å²) < 4.78 is 0. The summed E-state index contributed by atoms with van der Waals surface area (Å²) in [5.41, 5.74) is 7.70. The van der Waals surface area contributed by atoms with Crippen molar-refractivity contribution in [3.05, 3.63) is 71.8 Å². The first-order valence-corrected chi connectivity index (χ1v) is 6.64. The molecule has 0 aromatic heterocycles. The number of hydrogen-bond acceptors (Lipinski definition) is 2. The van der Waals surface area contributed by atoms with Gasteiger partial charge in [-0.25, -0.2) is 0 Å². The minimum absolute atomic E-state index is 0.329. The van der Waals surface area contributed by atoms with Gasteiger partial charge in [0.25, 0.3) is 0 Å². The van der Waals surface area contributed by atoms with Gasteiger partial charge in [0.05, 0.1) is 0 Å². The van der Waals surface area contributed by atoms with Crippen LogP contribution >= 0.6 is 0 Å². The number of carboxylic acid groups (broad SMARTS) is 1. The molecule has 1 unspecified atom stereocenters. The van der Waals surface area contributed by atoms with Gasteiger partial charge in [-0.1, -0.05) is 60.7 Å². The van der Waals surface area contributed by atoms with E-state index in [0.29, 0.717) is 6.42 Å². The molecule has 0 saturated heterocycles. The van der Waals surface area contributed by atoms with E-state index < -0.39 is 12.0 Å². The second-order valence-electron chi connectivity index (χ2n) is 4.51. The van der Waals surface area contributed by atoms with Crippen LogP contribution in [0, 0.1) is 0 Å². The van der Waals surface area contributed by atoms with Crippen LogP contribution in [0.5, 0.6) is 0 Å². The van der Waals surface area contributed by atoms with E-state index in [0.717, 1.165) is 12.0 Å². The van der Waals surface area contributed by atoms with Crippen LogP contribution in [0.3, 0.4) is 0 Å². The summed E-state index contributed by atoms with van der Waals surface area (Å²) in [5.74, 6) is -0.978.